The Morgan fingerprint density at radius 2 is 1.60 bits per heavy atom. The molecule has 0 unspecified atom stereocenters. The summed E-state index contributed by atoms with van der Waals surface area (Å²) in [6.45, 7) is 21.2. The number of ether oxygens (including phenoxy) is 1. The van der Waals surface area contributed by atoms with Crippen molar-refractivity contribution < 1.29 is 24.2 Å². The van der Waals surface area contributed by atoms with Gasteiger partial charge in [0.05, 0.1) is 11.0 Å². The summed E-state index contributed by atoms with van der Waals surface area (Å²) < 4.78 is 6.45. The summed E-state index contributed by atoms with van der Waals surface area (Å²) in [6, 6.07) is 0. The van der Waals surface area contributed by atoms with Crippen LogP contribution in [0, 0.1) is 28.1 Å². The Hall–Kier alpha value is -2.27. The minimum atomic E-state index is -1.79. The first-order valence-electron chi connectivity index (χ1n) is 15.0. The predicted octanol–water partition coefficient (Wildman–Crippen LogP) is 7.64. The molecule has 0 aromatic heterocycles. The van der Waals surface area contributed by atoms with Crippen LogP contribution in [0.5, 0.6) is 0 Å². The molecule has 1 N–H and O–H groups in total. The van der Waals surface area contributed by atoms with E-state index in [-0.39, 0.29) is 29.7 Å². The molecule has 3 rings (SSSR count). The number of fused-ring (bicyclic) bond motifs is 3. The van der Waals surface area contributed by atoms with Crippen LogP contribution in [-0.2, 0) is 19.1 Å². The molecule has 2 aliphatic carbocycles. The minimum absolute atomic E-state index is 0.0956. The molecule has 0 amide bonds. The second kappa shape index (κ2) is 11.2. The van der Waals surface area contributed by atoms with Gasteiger partial charge in [0.15, 0.2) is 22.8 Å². The van der Waals surface area contributed by atoms with Crippen LogP contribution in [0.2, 0.25) is 0 Å². The Morgan fingerprint density at radius 1 is 1.02 bits per heavy atom. The van der Waals surface area contributed by atoms with Crippen molar-refractivity contribution in [2.45, 2.75) is 126 Å². The number of hydrogen-bond acceptors (Lipinski definition) is 5. The molecule has 5 nitrogen and oxygen atoms in total. The number of Topliss-reactive ketones (excluding diaryl/α,β-unsaturated/α-hetero) is 3. The first-order valence-corrected chi connectivity index (χ1v) is 15.0. The van der Waals surface area contributed by atoms with Gasteiger partial charge in [-0.05, 0) is 98.8 Å². The highest BCUT2D eigenvalue weighted by Crippen LogP contribution is 2.69. The van der Waals surface area contributed by atoms with Gasteiger partial charge in [0.1, 0.15) is 11.9 Å². The normalized spacial score (nSPS) is 31.5. The average molecular weight is 553 g/mol. The Morgan fingerprint density at radius 3 is 2.10 bits per heavy atom. The quantitative estimate of drug-likeness (QED) is 0.223. The zero-order valence-corrected chi connectivity index (χ0v) is 26.8. The number of carbonyl (C=O) groups excluding carboxylic acids is 3. The van der Waals surface area contributed by atoms with Gasteiger partial charge in [0.25, 0.3) is 0 Å². The van der Waals surface area contributed by atoms with Crippen LogP contribution in [-0.4, -0.2) is 34.2 Å². The highest BCUT2D eigenvalue weighted by molar-refractivity contribution is 6.33. The Labute approximate surface area is 242 Å². The van der Waals surface area contributed by atoms with Crippen molar-refractivity contribution in [3.63, 3.8) is 0 Å². The van der Waals surface area contributed by atoms with E-state index in [1.807, 2.05) is 40.7 Å². The van der Waals surface area contributed by atoms with Gasteiger partial charge in [-0.3, -0.25) is 14.4 Å². The van der Waals surface area contributed by atoms with Gasteiger partial charge in [-0.2, -0.15) is 0 Å². The first-order chi connectivity index (χ1) is 18.4. The second-order valence-electron chi connectivity index (χ2n) is 14.4. The first kappa shape index (κ1) is 32.2. The van der Waals surface area contributed by atoms with Gasteiger partial charge < -0.3 is 9.84 Å². The van der Waals surface area contributed by atoms with Gasteiger partial charge in [0.2, 0.25) is 0 Å². The Kier molecular flexibility index (Phi) is 9.02. The third-order valence-electron chi connectivity index (χ3n) is 9.67. The van der Waals surface area contributed by atoms with Crippen molar-refractivity contribution in [1.29, 1.82) is 0 Å². The maximum Gasteiger partial charge on any atom is 0.184 e. The molecule has 0 saturated heterocycles. The number of ketones is 3. The van der Waals surface area contributed by atoms with Gasteiger partial charge in [-0.15, -0.1) is 0 Å². The van der Waals surface area contributed by atoms with Crippen LogP contribution in [0.25, 0.3) is 0 Å². The molecule has 0 aromatic rings. The summed E-state index contributed by atoms with van der Waals surface area (Å²) in [6.07, 6.45) is 8.74. The Balaban J connectivity index is 2.44. The molecule has 2 bridgehead atoms. The van der Waals surface area contributed by atoms with E-state index in [0.29, 0.717) is 43.4 Å². The lowest BCUT2D eigenvalue weighted by Crippen LogP contribution is -2.70. The van der Waals surface area contributed by atoms with Gasteiger partial charge in [-0.25, -0.2) is 0 Å². The second-order valence-corrected chi connectivity index (χ2v) is 14.4. The topological polar surface area (TPSA) is 80.7 Å². The maximum atomic E-state index is 15.2. The van der Waals surface area contributed by atoms with Crippen molar-refractivity contribution >= 4 is 17.3 Å². The largest absolute Gasteiger partial charge is 0.490 e. The monoisotopic (exact) mass is 552 g/mol. The van der Waals surface area contributed by atoms with Crippen LogP contribution in [0.4, 0.5) is 0 Å². The van der Waals surface area contributed by atoms with E-state index < -0.39 is 33.9 Å². The summed E-state index contributed by atoms with van der Waals surface area (Å²) in [5.74, 6) is -1.12. The highest BCUT2D eigenvalue weighted by Gasteiger charge is 2.77. The van der Waals surface area contributed by atoms with Crippen molar-refractivity contribution in [3.05, 3.63) is 46.3 Å². The number of rotatable bonds is 10. The molecule has 5 atom stereocenters. The van der Waals surface area contributed by atoms with E-state index in [1.165, 1.54) is 11.1 Å². The van der Waals surface area contributed by atoms with Gasteiger partial charge in [0, 0.05) is 17.9 Å². The molecular formula is C35H52O5. The van der Waals surface area contributed by atoms with E-state index in [1.54, 1.807) is 27.7 Å². The number of allylic oxidation sites excluding steroid dienone is 7. The summed E-state index contributed by atoms with van der Waals surface area (Å²) in [7, 11) is 0. The lowest BCUT2D eigenvalue weighted by molar-refractivity contribution is -0.181. The summed E-state index contributed by atoms with van der Waals surface area (Å²) in [5.41, 5.74) is -1.15. The van der Waals surface area contributed by atoms with Crippen LogP contribution in [0.1, 0.15) is 115 Å². The molecule has 1 fully saturated rings. The smallest absolute Gasteiger partial charge is 0.184 e. The van der Waals surface area contributed by atoms with E-state index in [9.17, 15) is 14.7 Å². The fourth-order valence-electron chi connectivity index (χ4n) is 7.33. The van der Waals surface area contributed by atoms with Crippen molar-refractivity contribution in [3.8, 4) is 0 Å². The van der Waals surface area contributed by atoms with Gasteiger partial charge >= 0.3 is 0 Å². The van der Waals surface area contributed by atoms with Crippen molar-refractivity contribution in [2.75, 3.05) is 0 Å². The predicted molar refractivity (Wildman–Crippen MR) is 161 cm³/mol. The molecule has 1 saturated carbocycles. The average Bonchev–Trinajstić information content (AvgIpc) is 3.29. The number of aliphatic hydroxyl groups is 1. The fourth-order valence-corrected chi connectivity index (χ4v) is 7.33. The van der Waals surface area contributed by atoms with Crippen LogP contribution >= 0.6 is 0 Å². The molecule has 1 heterocycles. The third kappa shape index (κ3) is 5.12. The molecule has 40 heavy (non-hydrogen) atoms. The lowest BCUT2D eigenvalue weighted by Gasteiger charge is -2.61. The van der Waals surface area contributed by atoms with Crippen LogP contribution in [0.15, 0.2) is 46.3 Å². The van der Waals surface area contributed by atoms with Crippen molar-refractivity contribution in [2.24, 2.45) is 28.1 Å². The highest BCUT2D eigenvalue weighted by atomic mass is 16.5. The van der Waals surface area contributed by atoms with E-state index in [4.69, 9.17) is 4.74 Å². The molecule has 3 aliphatic rings. The Bertz CT molecular complexity index is 1180. The molecule has 1 aliphatic heterocycles. The number of hydrogen-bond donors (Lipinski definition) is 1. The molecule has 222 valence electrons. The summed E-state index contributed by atoms with van der Waals surface area (Å²) in [5, 5.41) is 10.9. The summed E-state index contributed by atoms with van der Waals surface area (Å²) in [4.78, 5) is 44.8. The standard InChI is InChI=1S/C35H52O5/c1-21(2)13-12-17-33(11)25(15-14-22(3)4)20-34(18-16-23(5)6)30-26(19-27(40-30)32(9,10)39)29(37)35(33,31(34)38)28(36)24(7)8/h13-14,16,24-25,27,39H,12,15,17-20H2,1-11H3/t25-,27+,33+,34+,35-/m1/s1. The van der Waals surface area contributed by atoms with E-state index in [2.05, 4.69) is 26.0 Å². The fraction of sp³-hybridized carbons (Fsp3) is 0.686. The third-order valence-corrected chi connectivity index (χ3v) is 9.67. The van der Waals surface area contributed by atoms with Crippen molar-refractivity contribution in [1.82, 2.24) is 0 Å². The number of carbonyl (C=O) groups is 3. The maximum absolute atomic E-state index is 15.2. The minimum Gasteiger partial charge on any atom is -0.490 e. The van der Waals surface area contributed by atoms with Gasteiger partial charge in [-0.1, -0.05) is 55.7 Å². The SMILES string of the molecule is CC(C)=CCC[C@@]1(C)[C@H](CC=C(C)C)C[C@]2(CC=C(C)C)C(=O)[C@@]1(C(=O)C(C)C)C(=O)C1=C2O[C@H](C(C)(C)O)C1. The molecule has 0 spiro atoms. The van der Waals surface area contributed by atoms with E-state index in [0.717, 1.165) is 5.57 Å². The molecule has 5 heteroatoms. The molecule has 0 aromatic carbocycles. The lowest BCUT2D eigenvalue weighted by atomic mass is 9.38. The zero-order chi connectivity index (χ0) is 30.4. The van der Waals surface area contributed by atoms with Crippen LogP contribution in [0.3, 0.4) is 0 Å². The summed E-state index contributed by atoms with van der Waals surface area (Å²) >= 11 is 0. The molecule has 0 radical (unpaired) electrons. The van der Waals surface area contributed by atoms with E-state index >= 15 is 4.79 Å². The van der Waals surface area contributed by atoms with Crippen LogP contribution < -0.4 is 0 Å². The molecular weight excluding hydrogens is 500 g/mol. The zero-order valence-electron chi connectivity index (χ0n) is 26.8.